The highest BCUT2D eigenvalue weighted by molar-refractivity contribution is 7.99. The van der Waals surface area contributed by atoms with Gasteiger partial charge in [0.1, 0.15) is 11.1 Å². The summed E-state index contributed by atoms with van der Waals surface area (Å²) in [6.45, 7) is 5.52. The van der Waals surface area contributed by atoms with E-state index < -0.39 is 11.4 Å². The van der Waals surface area contributed by atoms with E-state index in [0.717, 1.165) is 42.5 Å². The maximum atomic E-state index is 14.4. The molecule has 4 aromatic heterocycles. The van der Waals surface area contributed by atoms with Crippen molar-refractivity contribution in [3.05, 3.63) is 60.1 Å². The number of nitrogens with two attached hydrogens (primary N) is 1. The summed E-state index contributed by atoms with van der Waals surface area (Å²) in [6, 6.07) is 7.41. The molecule has 202 valence electrons. The first-order valence-corrected chi connectivity index (χ1v) is 13.7. The normalized spacial score (nSPS) is 17.8. The third kappa shape index (κ3) is 5.14. The molecule has 1 fully saturated rings. The van der Waals surface area contributed by atoms with Crippen LogP contribution in [0.5, 0.6) is 0 Å². The van der Waals surface area contributed by atoms with E-state index in [4.69, 9.17) is 10.8 Å². The van der Waals surface area contributed by atoms with Crippen molar-refractivity contribution in [1.82, 2.24) is 29.3 Å². The second-order valence-corrected chi connectivity index (χ2v) is 11.7. The smallest absolute Gasteiger partial charge is 0.242 e. The van der Waals surface area contributed by atoms with E-state index in [1.807, 2.05) is 32.4 Å². The lowest BCUT2D eigenvalue weighted by atomic mass is 9.89. The number of hydrogen-bond donors (Lipinski definition) is 1. The minimum atomic E-state index is -0.887. The summed E-state index contributed by atoms with van der Waals surface area (Å²) < 4.78 is 18.2. The molecule has 1 aliphatic carbocycles. The van der Waals surface area contributed by atoms with Crippen LogP contribution in [0.3, 0.4) is 0 Å². The summed E-state index contributed by atoms with van der Waals surface area (Å²) in [6.07, 6.45) is 10.3. The molecule has 0 atom stereocenters. The van der Waals surface area contributed by atoms with Crippen LogP contribution in [0.15, 0.2) is 52.9 Å². The van der Waals surface area contributed by atoms with Gasteiger partial charge in [0.2, 0.25) is 5.91 Å². The Balaban J connectivity index is 1.42. The largest absolute Gasteiger partial charge is 0.341 e. The van der Waals surface area contributed by atoms with Crippen molar-refractivity contribution in [2.45, 2.75) is 74.0 Å². The Morgan fingerprint density at radius 1 is 1.26 bits per heavy atom. The van der Waals surface area contributed by atoms with Crippen LogP contribution in [-0.4, -0.2) is 53.8 Å². The van der Waals surface area contributed by atoms with Crippen LogP contribution in [0.2, 0.25) is 0 Å². The first kappa shape index (κ1) is 26.8. The van der Waals surface area contributed by atoms with Gasteiger partial charge in [-0.15, -0.1) is 0 Å². The van der Waals surface area contributed by atoms with E-state index in [0.29, 0.717) is 16.0 Å². The minimum Gasteiger partial charge on any atom is -0.341 e. The van der Waals surface area contributed by atoms with Crippen LogP contribution in [0.1, 0.15) is 56.8 Å². The quantitative estimate of drug-likeness (QED) is 0.371. The predicted molar refractivity (Wildman–Crippen MR) is 147 cm³/mol. The predicted octanol–water partition coefficient (Wildman–Crippen LogP) is 4.74. The molecule has 4 aromatic rings. The molecule has 0 bridgehead atoms. The van der Waals surface area contributed by atoms with Gasteiger partial charge in [-0.25, -0.2) is 13.9 Å². The van der Waals surface area contributed by atoms with Crippen LogP contribution >= 0.6 is 11.8 Å². The third-order valence-corrected chi connectivity index (χ3v) is 8.44. The lowest BCUT2D eigenvalue weighted by Gasteiger charge is -2.37. The molecule has 0 radical (unpaired) electrons. The van der Waals surface area contributed by atoms with Crippen LogP contribution in [0.25, 0.3) is 16.6 Å². The minimum absolute atomic E-state index is 0.0451. The number of amides is 1. The number of likely N-dealkylation sites (N-methyl/N-ethyl adjacent to an activating group) is 1. The molecular formula is C28H31FN8OS. The molecule has 0 aromatic carbocycles. The van der Waals surface area contributed by atoms with Crippen molar-refractivity contribution in [2.24, 2.45) is 5.73 Å². The number of fused-ring (bicyclic) bond motifs is 1. The van der Waals surface area contributed by atoms with Crippen molar-refractivity contribution in [1.29, 1.82) is 5.26 Å². The number of nitrogens with zero attached hydrogens (tertiary/aromatic N) is 7. The zero-order valence-electron chi connectivity index (χ0n) is 22.4. The maximum Gasteiger partial charge on any atom is 0.242 e. The number of nitriles is 1. The van der Waals surface area contributed by atoms with E-state index in [1.165, 1.54) is 24.0 Å². The van der Waals surface area contributed by atoms with Gasteiger partial charge < -0.3 is 10.6 Å². The molecule has 0 unspecified atom stereocenters. The third-order valence-electron chi connectivity index (χ3n) is 7.42. The van der Waals surface area contributed by atoms with Gasteiger partial charge in [0.15, 0.2) is 5.82 Å². The van der Waals surface area contributed by atoms with Gasteiger partial charge in [-0.2, -0.15) is 15.5 Å². The van der Waals surface area contributed by atoms with Crippen LogP contribution < -0.4 is 5.73 Å². The van der Waals surface area contributed by atoms with Crippen LogP contribution in [0.4, 0.5) is 4.39 Å². The van der Waals surface area contributed by atoms with Crippen molar-refractivity contribution < 1.29 is 9.18 Å². The average Bonchev–Trinajstić information content (AvgIpc) is 3.52. The number of aromatic nitrogens is 5. The highest BCUT2D eigenvalue weighted by Gasteiger charge is 2.33. The number of carbonyl (C=O) groups excluding carboxylic acids is 1. The van der Waals surface area contributed by atoms with Crippen molar-refractivity contribution in [3.63, 3.8) is 0 Å². The molecule has 1 saturated carbocycles. The molecule has 11 heteroatoms. The Bertz CT molecular complexity index is 1570. The van der Waals surface area contributed by atoms with E-state index in [9.17, 15) is 14.4 Å². The summed E-state index contributed by atoms with van der Waals surface area (Å²) in [4.78, 5) is 19.3. The summed E-state index contributed by atoms with van der Waals surface area (Å²) in [5.41, 5.74) is 8.98. The molecule has 0 aliphatic heterocycles. The number of pyridine rings is 2. The summed E-state index contributed by atoms with van der Waals surface area (Å²) in [5.74, 6) is -0.470. The summed E-state index contributed by atoms with van der Waals surface area (Å²) in [7, 11) is 1.84. The fourth-order valence-corrected chi connectivity index (χ4v) is 6.30. The molecule has 4 heterocycles. The van der Waals surface area contributed by atoms with Gasteiger partial charge in [-0.05, 0) is 64.7 Å². The zero-order chi connectivity index (χ0) is 27.9. The Morgan fingerprint density at radius 2 is 2.00 bits per heavy atom. The van der Waals surface area contributed by atoms with E-state index in [2.05, 4.69) is 20.8 Å². The highest BCUT2D eigenvalue weighted by atomic mass is 32.2. The zero-order valence-corrected chi connectivity index (χ0v) is 23.2. The summed E-state index contributed by atoms with van der Waals surface area (Å²) >= 11 is 1.17. The standard InChI is InChI=1S/C28H31FN8OS/c1-17-22(15-34-37(17)21-9-7-20(8-10-21)35(4)27(38)28(2,3)31)18-12-24(39-26-23(29)6-5-11-32-26)25-19(13-30)14-33-36(25)16-18/h5-6,11-12,14-16,20-21H,7-10,31H2,1-4H3/t20-,21+. The lowest BCUT2D eigenvalue weighted by Crippen LogP contribution is -2.53. The molecule has 9 nitrogen and oxygen atoms in total. The molecule has 2 N–H and O–H groups in total. The molecule has 1 amide bonds. The monoisotopic (exact) mass is 546 g/mol. The first-order chi connectivity index (χ1) is 18.6. The van der Waals surface area contributed by atoms with Crippen molar-refractivity contribution >= 4 is 23.2 Å². The number of halogens is 1. The van der Waals surface area contributed by atoms with Gasteiger partial charge >= 0.3 is 0 Å². The fraction of sp³-hybridized carbons (Fsp3) is 0.393. The SMILES string of the molecule is Cc1c(-c2cc(Sc3ncccc3F)c3c(C#N)cnn3c2)cnn1[C@H]1CC[C@@H](N(C)C(=O)C(C)(C)N)CC1. The number of hydrogen-bond acceptors (Lipinski definition) is 7. The van der Waals surface area contributed by atoms with E-state index in [-0.39, 0.29) is 23.0 Å². The topological polar surface area (TPSA) is 118 Å². The second kappa shape index (κ2) is 10.4. The van der Waals surface area contributed by atoms with Crippen LogP contribution in [0, 0.1) is 24.1 Å². The summed E-state index contributed by atoms with van der Waals surface area (Å²) in [5, 5.41) is 19.0. The molecule has 39 heavy (non-hydrogen) atoms. The molecule has 0 spiro atoms. The van der Waals surface area contributed by atoms with E-state index >= 15 is 0 Å². The average molecular weight is 547 g/mol. The van der Waals surface area contributed by atoms with Crippen LogP contribution in [-0.2, 0) is 4.79 Å². The fourth-order valence-electron chi connectivity index (χ4n) is 5.33. The van der Waals surface area contributed by atoms with E-state index in [1.54, 1.807) is 35.5 Å². The van der Waals surface area contributed by atoms with Gasteiger partial charge in [0, 0.05) is 47.2 Å². The highest BCUT2D eigenvalue weighted by Crippen LogP contribution is 2.38. The second-order valence-electron chi connectivity index (χ2n) is 10.6. The van der Waals surface area contributed by atoms with Gasteiger partial charge in [0.25, 0.3) is 0 Å². The molecule has 1 aliphatic rings. The lowest BCUT2D eigenvalue weighted by molar-refractivity contribution is -0.137. The Labute approximate surface area is 230 Å². The maximum absolute atomic E-state index is 14.4. The van der Waals surface area contributed by atoms with Crippen molar-refractivity contribution in [3.8, 4) is 17.2 Å². The molecule has 5 rings (SSSR count). The van der Waals surface area contributed by atoms with Gasteiger partial charge in [-0.3, -0.25) is 9.48 Å². The van der Waals surface area contributed by atoms with Gasteiger partial charge in [-0.1, -0.05) is 11.8 Å². The molecular weight excluding hydrogens is 515 g/mol. The van der Waals surface area contributed by atoms with Crippen molar-refractivity contribution in [2.75, 3.05) is 7.05 Å². The number of carbonyl (C=O) groups is 1. The first-order valence-electron chi connectivity index (χ1n) is 12.9. The Hall–Kier alpha value is -3.75. The molecule has 0 saturated heterocycles. The van der Waals surface area contributed by atoms with Gasteiger partial charge in [0.05, 0.1) is 35.1 Å². The number of rotatable bonds is 6. The Morgan fingerprint density at radius 3 is 2.67 bits per heavy atom. The Kier molecular flexibility index (Phi) is 7.18.